The van der Waals surface area contributed by atoms with Crippen LogP contribution in [0.4, 0.5) is 0 Å². The number of aliphatic hydroxyl groups is 1. The first-order valence-corrected chi connectivity index (χ1v) is 4.45. The number of hydrogen-bond acceptors (Lipinski definition) is 3. The number of nitrogens with zero attached hydrogens (tertiary/aromatic N) is 3. The number of hydrogen-bond donors (Lipinski definition) is 1. The highest BCUT2D eigenvalue weighted by Gasteiger charge is 2.04. The maximum Gasteiger partial charge on any atom is 0.0719 e. The van der Waals surface area contributed by atoms with Gasteiger partial charge in [0.05, 0.1) is 24.7 Å². The second-order valence-corrected chi connectivity index (χ2v) is 3.22. The Morgan fingerprint density at radius 3 is 2.93 bits per heavy atom. The van der Waals surface area contributed by atoms with E-state index in [0.29, 0.717) is 5.02 Å². The van der Waals surface area contributed by atoms with Crippen LogP contribution in [0.25, 0.3) is 5.69 Å². The van der Waals surface area contributed by atoms with Gasteiger partial charge in [0.2, 0.25) is 0 Å². The molecule has 2 rings (SSSR count). The van der Waals surface area contributed by atoms with Crippen LogP contribution in [0, 0.1) is 0 Å². The van der Waals surface area contributed by atoms with Gasteiger partial charge < -0.3 is 5.11 Å². The minimum absolute atomic E-state index is 0.0737. The first-order chi connectivity index (χ1) is 6.81. The van der Waals surface area contributed by atoms with E-state index in [2.05, 4.69) is 10.3 Å². The Balaban J connectivity index is 2.53. The SMILES string of the molecule is OCc1cc(Cl)ccc1-n1ccnn1. The van der Waals surface area contributed by atoms with E-state index in [-0.39, 0.29) is 6.61 Å². The first-order valence-electron chi connectivity index (χ1n) is 4.07. The van der Waals surface area contributed by atoms with Crippen molar-refractivity contribution in [2.24, 2.45) is 0 Å². The quantitative estimate of drug-likeness (QED) is 0.814. The molecule has 4 nitrogen and oxygen atoms in total. The third kappa shape index (κ3) is 1.62. The molecule has 1 heterocycles. The molecule has 0 fully saturated rings. The molecular formula is C9H8ClN3O. The molecule has 2 aromatic rings. The summed E-state index contributed by atoms with van der Waals surface area (Å²) in [5.74, 6) is 0. The minimum Gasteiger partial charge on any atom is -0.392 e. The fourth-order valence-corrected chi connectivity index (χ4v) is 1.44. The predicted molar refractivity (Wildman–Crippen MR) is 52.3 cm³/mol. The van der Waals surface area contributed by atoms with E-state index in [1.165, 1.54) is 0 Å². The number of aliphatic hydroxyl groups excluding tert-OH is 1. The zero-order chi connectivity index (χ0) is 9.97. The van der Waals surface area contributed by atoms with Gasteiger partial charge in [0.15, 0.2) is 0 Å². The molecule has 0 saturated carbocycles. The van der Waals surface area contributed by atoms with E-state index < -0.39 is 0 Å². The largest absolute Gasteiger partial charge is 0.392 e. The molecule has 0 aliphatic carbocycles. The molecule has 0 radical (unpaired) electrons. The van der Waals surface area contributed by atoms with Crippen molar-refractivity contribution in [1.29, 1.82) is 0 Å². The van der Waals surface area contributed by atoms with Gasteiger partial charge in [-0.15, -0.1) is 5.10 Å². The van der Waals surface area contributed by atoms with Crippen LogP contribution in [0.3, 0.4) is 0 Å². The summed E-state index contributed by atoms with van der Waals surface area (Å²) in [6, 6.07) is 5.25. The standard InChI is InChI=1S/C9H8ClN3O/c10-8-1-2-9(7(5-8)6-14)13-4-3-11-12-13/h1-5,14H,6H2. The number of benzene rings is 1. The molecule has 0 spiro atoms. The molecule has 0 unspecified atom stereocenters. The Kier molecular flexibility index (Phi) is 2.47. The molecule has 14 heavy (non-hydrogen) atoms. The number of halogens is 1. The Labute approximate surface area is 85.7 Å². The molecule has 1 aromatic heterocycles. The van der Waals surface area contributed by atoms with Crippen molar-refractivity contribution in [3.63, 3.8) is 0 Å². The van der Waals surface area contributed by atoms with Crippen molar-refractivity contribution in [1.82, 2.24) is 15.0 Å². The van der Waals surface area contributed by atoms with Gasteiger partial charge in [-0.25, -0.2) is 4.68 Å². The van der Waals surface area contributed by atoms with Gasteiger partial charge in [0.25, 0.3) is 0 Å². The average Bonchev–Trinajstić information content (AvgIpc) is 2.70. The zero-order valence-corrected chi connectivity index (χ0v) is 8.02. The van der Waals surface area contributed by atoms with E-state index in [4.69, 9.17) is 16.7 Å². The van der Waals surface area contributed by atoms with Crippen molar-refractivity contribution in [3.05, 3.63) is 41.2 Å². The summed E-state index contributed by atoms with van der Waals surface area (Å²) in [5.41, 5.74) is 1.51. The minimum atomic E-state index is -0.0737. The summed E-state index contributed by atoms with van der Waals surface area (Å²) in [5, 5.41) is 17.2. The Hall–Kier alpha value is -1.39. The molecule has 0 amide bonds. The van der Waals surface area contributed by atoms with Crippen LogP contribution in [0.2, 0.25) is 5.02 Å². The summed E-state index contributed by atoms with van der Waals surface area (Å²) in [6.45, 7) is -0.0737. The second kappa shape index (κ2) is 3.77. The van der Waals surface area contributed by atoms with Crippen molar-refractivity contribution >= 4 is 11.6 Å². The van der Waals surface area contributed by atoms with E-state index in [0.717, 1.165) is 11.3 Å². The molecule has 5 heteroatoms. The van der Waals surface area contributed by atoms with Gasteiger partial charge in [-0.1, -0.05) is 16.8 Å². The van der Waals surface area contributed by atoms with E-state index in [1.54, 1.807) is 35.3 Å². The summed E-state index contributed by atoms with van der Waals surface area (Å²) < 4.78 is 1.59. The number of aromatic nitrogens is 3. The third-order valence-corrected chi connectivity index (χ3v) is 2.12. The van der Waals surface area contributed by atoms with Crippen molar-refractivity contribution in [2.45, 2.75) is 6.61 Å². The lowest BCUT2D eigenvalue weighted by molar-refractivity contribution is 0.281. The summed E-state index contributed by atoms with van der Waals surface area (Å²) in [4.78, 5) is 0. The molecule has 0 aliphatic rings. The van der Waals surface area contributed by atoms with Gasteiger partial charge >= 0.3 is 0 Å². The fraction of sp³-hybridized carbons (Fsp3) is 0.111. The normalized spacial score (nSPS) is 10.4. The van der Waals surface area contributed by atoms with Crippen molar-refractivity contribution < 1.29 is 5.11 Å². The lowest BCUT2D eigenvalue weighted by atomic mass is 10.2. The third-order valence-electron chi connectivity index (χ3n) is 1.88. The van der Waals surface area contributed by atoms with Gasteiger partial charge in [-0.3, -0.25) is 0 Å². The maximum absolute atomic E-state index is 9.12. The lowest BCUT2D eigenvalue weighted by Gasteiger charge is -2.06. The molecule has 0 atom stereocenters. The van der Waals surface area contributed by atoms with E-state index in [1.807, 2.05) is 0 Å². The van der Waals surface area contributed by atoms with Gasteiger partial charge in [0.1, 0.15) is 0 Å². The zero-order valence-electron chi connectivity index (χ0n) is 7.26. The second-order valence-electron chi connectivity index (χ2n) is 2.78. The smallest absolute Gasteiger partial charge is 0.0719 e. The van der Waals surface area contributed by atoms with Crippen LogP contribution in [0.1, 0.15) is 5.56 Å². The van der Waals surface area contributed by atoms with Crippen LogP contribution < -0.4 is 0 Å². The molecule has 1 N–H and O–H groups in total. The van der Waals surface area contributed by atoms with Crippen LogP contribution >= 0.6 is 11.6 Å². The fourth-order valence-electron chi connectivity index (χ4n) is 1.24. The lowest BCUT2D eigenvalue weighted by Crippen LogP contribution is -2.00. The summed E-state index contributed by atoms with van der Waals surface area (Å²) >= 11 is 5.80. The van der Waals surface area contributed by atoms with Gasteiger partial charge in [-0.2, -0.15) is 0 Å². The first kappa shape index (κ1) is 9.18. The van der Waals surface area contributed by atoms with E-state index in [9.17, 15) is 0 Å². The predicted octanol–water partition coefficient (Wildman–Crippen LogP) is 1.41. The van der Waals surface area contributed by atoms with Crippen LogP contribution in [0.5, 0.6) is 0 Å². The molecule has 1 aromatic carbocycles. The van der Waals surface area contributed by atoms with Crippen molar-refractivity contribution in [3.8, 4) is 5.69 Å². The Bertz CT molecular complexity index is 428. The van der Waals surface area contributed by atoms with Crippen LogP contribution in [-0.2, 0) is 6.61 Å². The molecule has 0 bridgehead atoms. The highest BCUT2D eigenvalue weighted by molar-refractivity contribution is 6.30. The van der Waals surface area contributed by atoms with Crippen LogP contribution in [0.15, 0.2) is 30.6 Å². The Morgan fingerprint density at radius 2 is 2.29 bits per heavy atom. The van der Waals surface area contributed by atoms with Gasteiger partial charge in [0, 0.05) is 10.6 Å². The molecule has 72 valence electrons. The van der Waals surface area contributed by atoms with Crippen molar-refractivity contribution in [2.75, 3.05) is 0 Å². The summed E-state index contributed by atoms with van der Waals surface area (Å²) in [7, 11) is 0. The van der Waals surface area contributed by atoms with Crippen LogP contribution in [-0.4, -0.2) is 20.1 Å². The topological polar surface area (TPSA) is 50.9 Å². The molecular weight excluding hydrogens is 202 g/mol. The maximum atomic E-state index is 9.12. The Morgan fingerprint density at radius 1 is 1.43 bits per heavy atom. The van der Waals surface area contributed by atoms with Gasteiger partial charge in [-0.05, 0) is 18.2 Å². The highest BCUT2D eigenvalue weighted by atomic mass is 35.5. The average molecular weight is 210 g/mol. The monoisotopic (exact) mass is 209 g/mol. The molecule has 0 aliphatic heterocycles. The number of rotatable bonds is 2. The highest BCUT2D eigenvalue weighted by Crippen LogP contribution is 2.18. The van der Waals surface area contributed by atoms with E-state index >= 15 is 0 Å². The summed E-state index contributed by atoms with van der Waals surface area (Å²) in [6.07, 6.45) is 3.29. The molecule has 0 saturated heterocycles.